The smallest absolute Gasteiger partial charge is 0.264 e. The van der Waals surface area contributed by atoms with Crippen molar-refractivity contribution in [3.05, 3.63) is 20.7 Å². The molecule has 0 spiro atoms. The number of H-pyrrole nitrogens is 2. The summed E-state index contributed by atoms with van der Waals surface area (Å²) in [6.45, 7) is 5.05. The molecule has 1 fully saturated rings. The van der Waals surface area contributed by atoms with Gasteiger partial charge in [-0.2, -0.15) is 0 Å². The van der Waals surface area contributed by atoms with Gasteiger partial charge in [-0.3, -0.25) is 19.7 Å². The highest BCUT2D eigenvalue weighted by atomic mass is 32.1. The molecule has 8 heteroatoms. The predicted molar refractivity (Wildman–Crippen MR) is 78.2 cm³/mol. The van der Waals surface area contributed by atoms with Crippen LogP contribution in [0.15, 0.2) is 9.79 Å². The minimum Gasteiger partial charge on any atom is -0.494 e. The van der Waals surface area contributed by atoms with Crippen LogP contribution in [0, 0.1) is 4.77 Å². The molecule has 1 aliphatic rings. The second-order valence-corrected chi connectivity index (χ2v) is 4.92. The van der Waals surface area contributed by atoms with Crippen LogP contribution in [0.3, 0.4) is 0 Å². The van der Waals surface area contributed by atoms with E-state index in [0.29, 0.717) is 6.54 Å². The number of rotatable bonds is 5. The number of nitrogens with one attached hydrogen (secondary N) is 2. The molecule has 3 N–H and O–H groups in total. The molecule has 0 aromatic carbocycles. The highest BCUT2D eigenvalue weighted by Gasteiger charge is 2.09. The van der Waals surface area contributed by atoms with E-state index in [1.54, 1.807) is 0 Å². The van der Waals surface area contributed by atoms with E-state index < -0.39 is 5.56 Å². The number of nitrogens with zero attached hydrogens (tertiary/aromatic N) is 2. The number of hydrogen-bond donors (Lipinski definition) is 3. The lowest BCUT2D eigenvalue weighted by Gasteiger charge is -2.26. The van der Waals surface area contributed by atoms with Crippen molar-refractivity contribution in [3.63, 3.8) is 0 Å². The molecule has 1 saturated heterocycles. The van der Waals surface area contributed by atoms with E-state index in [-0.39, 0.29) is 16.2 Å². The van der Waals surface area contributed by atoms with Crippen molar-refractivity contribution in [2.75, 3.05) is 39.4 Å². The van der Waals surface area contributed by atoms with Gasteiger partial charge in [0.15, 0.2) is 4.77 Å². The van der Waals surface area contributed by atoms with Gasteiger partial charge in [0.25, 0.3) is 5.56 Å². The van der Waals surface area contributed by atoms with Crippen molar-refractivity contribution in [2.45, 2.75) is 6.42 Å². The minimum atomic E-state index is -0.442. The zero-order valence-corrected chi connectivity index (χ0v) is 11.9. The Balaban J connectivity index is 1.81. The summed E-state index contributed by atoms with van der Waals surface area (Å²) in [5.74, 6) is -0.254. The molecular weight excluding hydrogens is 280 g/mol. The normalized spacial score (nSPS) is 16.8. The third-order valence-electron chi connectivity index (χ3n) is 3.04. The van der Waals surface area contributed by atoms with E-state index in [1.807, 2.05) is 0 Å². The van der Waals surface area contributed by atoms with Gasteiger partial charge >= 0.3 is 0 Å². The molecule has 0 saturated carbocycles. The molecule has 110 valence electrons. The number of aromatic nitrogens is 2. The maximum Gasteiger partial charge on any atom is 0.264 e. The molecule has 1 aromatic heterocycles. The molecule has 2 rings (SSSR count). The average molecular weight is 298 g/mol. The minimum absolute atomic E-state index is 0.0944. The highest BCUT2D eigenvalue weighted by molar-refractivity contribution is 7.71. The topological polar surface area (TPSA) is 93.7 Å². The number of aliphatic imine (C=N–C) groups is 1. The van der Waals surface area contributed by atoms with E-state index in [0.717, 1.165) is 39.3 Å². The third kappa shape index (κ3) is 4.26. The SMILES string of the molecule is O=c1[nH]c(=S)[nH]c(O)c1C=NCCCN1CCOCC1. The van der Waals surface area contributed by atoms with Crippen molar-refractivity contribution in [3.8, 4) is 5.88 Å². The fourth-order valence-electron chi connectivity index (χ4n) is 1.97. The van der Waals surface area contributed by atoms with Crippen LogP contribution in [0.5, 0.6) is 5.88 Å². The molecule has 0 radical (unpaired) electrons. The molecule has 20 heavy (non-hydrogen) atoms. The molecule has 0 amide bonds. The number of aromatic amines is 2. The van der Waals surface area contributed by atoms with E-state index in [4.69, 9.17) is 17.0 Å². The second-order valence-electron chi connectivity index (χ2n) is 4.51. The first-order valence-electron chi connectivity index (χ1n) is 6.52. The summed E-state index contributed by atoms with van der Waals surface area (Å²) in [7, 11) is 0. The molecule has 0 unspecified atom stereocenters. The lowest BCUT2D eigenvalue weighted by Crippen LogP contribution is -2.37. The molecule has 2 heterocycles. The fraction of sp³-hybridized carbons (Fsp3) is 0.583. The summed E-state index contributed by atoms with van der Waals surface area (Å²) >= 11 is 4.74. The fourth-order valence-corrected chi connectivity index (χ4v) is 2.16. The van der Waals surface area contributed by atoms with Gasteiger partial charge < -0.3 is 14.8 Å². The first-order valence-corrected chi connectivity index (χ1v) is 6.93. The van der Waals surface area contributed by atoms with E-state index in [9.17, 15) is 9.90 Å². The Labute approximate surface area is 121 Å². The van der Waals surface area contributed by atoms with Crippen molar-refractivity contribution in [1.82, 2.24) is 14.9 Å². The van der Waals surface area contributed by atoms with Gasteiger partial charge in [0.1, 0.15) is 5.56 Å². The van der Waals surface area contributed by atoms with Crippen molar-refractivity contribution >= 4 is 18.4 Å². The third-order valence-corrected chi connectivity index (χ3v) is 3.25. The summed E-state index contributed by atoms with van der Waals surface area (Å²) in [5.41, 5.74) is -0.340. The first kappa shape index (κ1) is 14.9. The van der Waals surface area contributed by atoms with Crippen molar-refractivity contribution < 1.29 is 9.84 Å². The predicted octanol–water partition coefficient (Wildman–Crippen LogP) is 0.279. The summed E-state index contributed by atoms with van der Waals surface area (Å²) < 4.78 is 5.37. The van der Waals surface area contributed by atoms with Gasteiger partial charge in [-0.15, -0.1) is 0 Å². The Morgan fingerprint density at radius 1 is 1.40 bits per heavy atom. The van der Waals surface area contributed by atoms with Crippen LogP contribution in [-0.2, 0) is 4.74 Å². The summed E-state index contributed by atoms with van der Waals surface area (Å²) in [6.07, 6.45) is 2.27. The van der Waals surface area contributed by atoms with Crippen LogP contribution in [0.2, 0.25) is 0 Å². The molecule has 0 bridgehead atoms. The zero-order chi connectivity index (χ0) is 14.4. The van der Waals surface area contributed by atoms with Crippen LogP contribution in [0.4, 0.5) is 0 Å². The van der Waals surface area contributed by atoms with E-state index in [1.165, 1.54) is 6.21 Å². The number of hydrogen-bond acceptors (Lipinski definition) is 6. The average Bonchev–Trinajstić information content (AvgIpc) is 2.42. The lowest BCUT2D eigenvalue weighted by molar-refractivity contribution is 0.0377. The maximum absolute atomic E-state index is 11.6. The van der Waals surface area contributed by atoms with Crippen molar-refractivity contribution in [1.29, 1.82) is 0 Å². The summed E-state index contributed by atoms with van der Waals surface area (Å²) in [6, 6.07) is 0. The Morgan fingerprint density at radius 2 is 2.15 bits per heavy atom. The Morgan fingerprint density at radius 3 is 2.85 bits per heavy atom. The Kier molecular flexibility index (Phi) is 5.45. The zero-order valence-electron chi connectivity index (χ0n) is 11.1. The lowest BCUT2D eigenvalue weighted by atomic mass is 10.3. The van der Waals surface area contributed by atoms with Gasteiger partial charge in [0, 0.05) is 32.4 Å². The van der Waals surface area contributed by atoms with Crippen LogP contribution in [-0.4, -0.2) is 65.6 Å². The van der Waals surface area contributed by atoms with Crippen LogP contribution in [0.1, 0.15) is 12.0 Å². The molecule has 0 aliphatic carbocycles. The number of ether oxygens (including phenoxy) is 1. The number of aromatic hydroxyl groups is 1. The first-order chi connectivity index (χ1) is 9.66. The van der Waals surface area contributed by atoms with Crippen molar-refractivity contribution in [2.24, 2.45) is 4.99 Å². The summed E-state index contributed by atoms with van der Waals surface area (Å²) in [5, 5.41) is 9.58. The van der Waals surface area contributed by atoms with Gasteiger partial charge in [-0.05, 0) is 18.6 Å². The van der Waals surface area contributed by atoms with Gasteiger partial charge in [-0.25, -0.2) is 0 Å². The van der Waals surface area contributed by atoms with Gasteiger partial charge in [0.2, 0.25) is 5.88 Å². The van der Waals surface area contributed by atoms with Crippen LogP contribution < -0.4 is 5.56 Å². The standard InChI is InChI=1S/C12H18N4O3S/c17-10-9(11(18)15-12(20)14-10)8-13-2-1-3-16-4-6-19-7-5-16/h8H,1-7H2,(H3,14,15,17,18,20). The highest BCUT2D eigenvalue weighted by Crippen LogP contribution is 2.04. The molecule has 7 nitrogen and oxygen atoms in total. The van der Waals surface area contributed by atoms with Crippen LogP contribution >= 0.6 is 12.2 Å². The van der Waals surface area contributed by atoms with E-state index >= 15 is 0 Å². The molecular formula is C12H18N4O3S. The Hall–Kier alpha value is -1.51. The van der Waals surface area contributed by atoms with Gasteiger partial charge in [-0.1, -0.05) is 0 Å². The second kappa shape index (κ2) is 7.32. The summed E-state index contributed by atoms with van der Waals surface area (Å²) in [4.78, 5) is 22.9. The quantitative estimate of drug-likeness (QED) is 0.412. The molecule has 1 aliphatic heterocycles. The molecule has 1 aromatic rings. The van der Waals surface area contributed by atoms with Crippen LogP contribution in [0.25, 0.3) is 0 Å². The largest absolute Gasteiger partial charge is 0.494 e. The Bertz CT molecular complexity index is 575. The maximum atomic E-state index is 11.6. The van der Waals surface area contributed by atoms with Gasteiger partial charge in [0.05, 0.1) is 13.2 Å². The number of morpholine rings is 1. The van der Waals surface area contributed by atoms with E-state index in [2.05, 4.69) is 19.9 Å². The monoisotopic (exact) mass is 298 g/mol. The molecule has 0 atom stereocenters.